The Kier molecular flexibility index (Phi) is 5.32. The van der Waals surface area contributed by atoms with Gasteiger partial charge in [0.2, 0.25) is 5.69 Å². The van der Waals surface area contributed by atoms with Crippen LogP contribution in [0.3, 0.4) is 0 Å². The van der Waals surface area contributed by atoms with Gasteiger partial charge in [-0.15, -0.1) is 0 Å². The zero-order valence-electron chi connectivity index (χ0n) is 17.0. The molecule has 2 heterocycles. The van der Waals surface area contributed by atoms with Gasteiger partial charge >= 0.3 is 6.03 Å². The van der Waals surface area contributed by atoms with Crippen molar-refractivity contribution in [3.05, 3.63) is 76.3 Å². The lowest BCUT2D eigenvalue weighted by Gasteiger charge is -2.28. The first-order valence-corrected chi connectivity index (χ1v) is 9.67. The highest BCUT2D eigenvalue weighted by Gasteiger charge is 2.30. The topological polar surface area (TPSA) is 97.6 Å². The van der Waals surface area contributed by atoms with Crippen molar-refractivity contribution in [2.75, 3.05) is 11.9 Å². The van der Waals surface area contributed by atoms with Gasteiger partial charge in [0, 0.05) is 17.8 Å². The number of benzene rings is 2. The van der Waals surface area contributed by atoms with Gasteiger partial charge in [-0.1, -0.05) is 6.07 Å². The minimum atomic E-state index is -0.732. The lowest BCUT2D eigenvalue weighted by atomic mass is 10.0. The number of carbonyl (C=O) groups is 2. The van der Waals surface area contributed by atoms with Gasteiger partial charge in [0.25, 0.3) is 5.91 Å². The Balaban J connectivity index is 1.61. The smallest absolute Gasteiger partial charge is 0.322 e. The standard InChI is InChI=1S/C22H18F2N6O2/c1-12-9-13(3-5-15(12)23)20-19(21(25)31)18-11-29(7-8-30(18)28-20)22(32)27-14-4-6-17(26-2)16(24)10-14/h3-6,9-10H,7-8,11H2,1H3,(H2,25,31)(H,27,32). The van der Waals surface area contributed by atoms with Crippen LogP contribution in [0.1, 0.15) is 21.6 Å². The van der Waals surface area contributed by atoms with E-state index in [1.807, 2.05) is 0 Å². The molecule has 0 spiro atoms. The van der Waals surface area contributed by atoms with Gasteiger partial charge in [-0.2, -0.15) is 5.10 Å². The van der Waals surface area contributed by atoms with Crippen LogP contribution in [0.4, 0.5) is 25.0 Å². The summed E-state index contributed by atoms with van der Waals surface area (Å²) in [5.41, 5.74) is 7.60. The highest BCUT2D eigenvalue weighted by atomic mass is 19.1. The summed E-state index contributed by atoms with van der Waals surface area (Å²) < 4.78 is 29.1. The number of anilines is 1. The number of carbonyl (C=O) groups excluding carboxylic acids is 2. The molecule has 1 aliphatic rings. The molecular formula is C22H18F2N6O2. The van der Waals surface area contributed by atoms with Gasteiger partial charge in [-0.05, 0) is 42.8 Å². The molecule has 0 radical (unpaired) electrons. The van der Waals surface area contributed by atoms with Gasteiger partial charge in [0.15, 0.2) is 0 Å². The summed E-state index contributed by atoms with van der Waals surface area (Å²) in [7, 11) is 0. The van der Waals surface area contributed by atoms with Crippen LogP contribution in [0.2, 0.25) is 0 Å². The van der Waals surface area contributed by atoms with Crippen molar-refractivity contribution in [2.24, 2.45) is 5.73 Å². The molecule has 0 fully saturated rings. The van der Waals surface area contributed by atoms with E-state index in [0.29, 0.717) is 35.6 Å². The lowest BCUT2D eigenvalue weighted by Crippen LogP contribution is -2.41. The third kappa shape index (κ3) is 3.76. The second-order valence-electron chi connectivity index (χ2n) is 7.35. The first kappa shape index (κ1) is 21.0. The van der Waals surface area contributed by atoms with E-state index < -0.39 is 17.8 Å². The lowest BCUT2D eigenvalue weighted by molar-refractivity contribution is 0.0997. The van der Waals surface area contributed by atoms with Crippen molar-refractivity contribution in [3.8, 4) is 11.3 Å². The third-order valence-corrected chi connectivity index (χ3v) is 5.26. The minimum absolute atomic E-state index is 0.0555. The van der Waals surface area contributed by atoms with E-state index in [4.69, 9.17) is 12.3 Å². The van der Waals surface area contributed by atoms with Gasteiger partial charge < -0.3 is 16.0 Å². The number of rotatable bonds is 3. The maximum atomic E-state index is 13.8. The summed E-state index contributed by atoms with van der Waals surface area (Å²) in [5, 5.41) is 7.07. The molecule has 8 nitrogen and oxygen atoms in total. The van der Waals surface area contributed by atoms with Crippen molar-refractivity contribution in [3.63, 3.8) is 0 Å². The number of halogens is 2. The number of hydrogen-bond donors (Lipinski definition) is 2. The average Bonchev–Trinajstić information content (AvgIpc) is 3.14. The van der Waals surface area contributed by atoms with Crippen LogP contribution < -0.4 is 11.1 Å². The van der Waals surface area contributed by atoms with Crippen LogP contribution in [-0.2, 0) is 13.1 Å². The fraction of sp³-hybridized carbons (Fsp3) is 0.182. The van der Waals surface area contributed by atoms with E-state index in [1.165, 1.54) is 29.2 Å². The van der Waals surface area contributed by atoms with Crippen LogP contribution in [0.5, 0.6) is 0 Å². The zero-order chi connectivity index (χ0) is 23.0. The zero-order valence-corrected chi connectivity index (χ0v) is 17.0. The Hall–Kier alpha value is -4.26. The predicted molar refractivity (Wildman–Crippen MR) is 113 cm³/mol. The molecule has 10 heteroatoms. The molecule has 3 aromatic rings. The molecule has 32 heavy (non-hydrogen) atoms. The van der Waals surface area contributed by atoms with E-state index in [9.17, 15) is 18.4 Å². The highest BCUT2D eigenvalue weighted by molar-refractivity contribution is 6.00. The highest BCUT2D eigenvalue weighted by Crippen LogP contribution is 2.30. The van der Waals surface area contributed by atoms with Crippen LogP contribution in [0.15, 0.2) is 36.4 Å². The van der Waals surface area contributed by atoms with Gasteiger partial charge in [-0.3, -0.25) is 9.48 Å². The maximum Gasteiger partial charge on any atom is 0.322 e. The predicted octanol–water partition coefficient (Wildman–Crippen LogP) is 3.83. The van der Waals surface area contributed by atoms with Crippen LogP contribution >= 0.6 is 0 Å². The number of amides is 3. The molecule has 162 valence electrons. The molecule has 2 aromatic carbocycles. The van der Waals surface area contributed by atoms with Crippen molar-refractivity contribution in [1.82, 2.24) is 14.7 Å². The van der Waals surface area contributed by atoms with Gasteiger partial charge in [0.05, 0.1) is 30.9 Å². The molecule has 1 aliphatic heterocycles. The Morgan fingerprint density at radius 3 is 2.59 bits per heavy atom. The summed E-state index contributed by atoms with van der Waals surface area (Å²) in [6.45, 7) is 9.17. The SMILES string of the molecule is [C-]#[N+]c1ccc(NC(=O)N2CCn3nc(-c4ccc(F)c(C)c4)c(C(N)=O)c3C2)cc1F. The number of aryl methyl sites for hydroxylation is 1. The Morgan fingerprint density at radius 1 is 1.16 bits per heavy atom. The molecular weight excluding hydrogens is 418 g/mol. The van der Waals surface area contributed by atoms with Crippen molar-refractivity contribution in [2.45, 2.75) is 20.0 Å². The fourth-order valence-corrected chi connectivity index (χ4v) is 3.62. The Morgan fingerprint density at radius 2 is 1.94 bits per heavy atom. The van der Waals surface area contributed by atoms with Crippen LogP contribution in [-0.4, -0.2) is 33.2 Å². The normalized spacial score (nSPS) is 12.8. The molecule has 0 atom stereocenters. The van der Waals surface area contributed by atoms with Gasteiger partial charge in [-0.25, -0.2) is 18.4 Å². The van der Waals surface area contributed by atoms with Crippen molar-refractivity contribution < 1.29 is 18.4 Å². The molecule has 0 unspecified atom stereocenters. The fourth-order valence-electron chi connectivity index (χ4n) is 3.62. The molecule has 3 amide bonds. The number of urea groups is 1. The molecule has 3 N–H and O–H groups in total. The maximum absolute atomic E-state index is 13.8. The monoisotopic (exact) mass is 436 g/mol. The van der Waals surface area contributed by atoms with Crippen molar-refractivity contribution >= 4 is 23.3 Å². The summed E-state index contributed by atoms with van der Waals surface area (Å²) in [6.07, 6.45) is 0. The van der Waals surface area contributed by atoms with E-state index in [-0.39, 0.29) is 29.3 Å². The third-order valence-electron chi connectivity index (χ3n) is 5.26. The number of hydrogen-bond acceptors (Lipinski definition) is 3. The summed E-state index contributed by atoms with van der Waals surface area (Å²) in [4.78, 5) is 29.5. The van der Waals surface area contributed by atoms with Crippen LogP contribution in [0.25, 0.3) is 16.1 Å². The largest absolute Gasteiger partial charge is 0.365 e. The molecule has 0 saturated heterocycles. The molecule has 0 saturated carbocycles. The number of nitrogens with two attached hydrogens (primary N) is 1. The van der Waals surface area contributed by atoms with Crippen molar-refractivity contribution in [1.29, 1.82) is 0 Å². The minimum Gasteiger partial charge on any atom is -0.365 e. The van der Waals surface area contributed by atoms with Crippen LogP contribution in [0, 0.1) is 25.1 Å². The summed E-state index contributed by atoms with van der Waals surface area (Å²) in [6, 6.07) is 7.70. The Labute approximate surface area is 182 Å². The average molecular weight is 436 g/mol. The van der Waals surface area contributed by atoms with E-state index in [0.717, 1.165) is 6.07 Å². The number of nitrogens with zero attached hydrogens (tertiary/aromatic N) is 4. The molecule has 1 aromatic heterocycles. The van der Waals surface area contributed by atoms with E-state index in [2.05, 4.69) is 15.3 Å². The number of primary amides is 1. The Bertz CT molecular complexity index is 1290. The second kappa shape index (κ2) is 8.11. The van der Waals surface area contributed by atoms with Gasteiger partial charge in [0.1, 0.15) is 17.3 Å². The first-order chi connectivity index (χ1) is 15.3. The quantitative estimate of drug-likeness (QED) is 0.611. The molecule has 0 aliphatic carbocycles. The number of aromatic nitrogens is 2. The first-order valence-electron chi connectivity index (χ1n) is 9.67. The molecule has 0 bridgehead atoms. The number of nitrogens with one attached hydrogen (secondary N) is 1. The number of fused-ring (bicyclic) bond motifs is 1. The molecule has 4 rings (SSSR count). The second-order valence-corrected chi connectivity index (χ2v) is 7.35. The van der Waals surface area contributed by atoms with E-state index >= 15 is 0 Å². The summed E-state index contributed by atoms with van der Waals surface area (Å²) >= 11 is 0. The summed E-state index contributed by atoms with van der Waals surface area (Å²) in [5.74, 6) is -1.81. The van der Waals surface area contributed by atoms with E-state index in [1.54, 1.807) is 17.7 Å².